The summed E-state index contributed by atoms with van der Waals surface area (Å²) in [5.41, 5.74) is 7.38. The predicted octanol–water partition coefficient (Wildman–Crippen LogP) is 2.11. The van der Waals surface area contributed by atoms with Gasteiger partial charge in [-0.15, -0.1) is 0 Å². The van der Waals surface area contributed by atoms with Crippen molar-refractivity contribution >= 4 is 23.1 Å². The van der Waals surface area contributed by atoms with E-state index in [0.717, 1.165) is 5.56 Å². The predicted molar refractivity (Wildman–Crippen MR) is 86.7 cm³/mol. The lowest BCUT2D eigenvalue weighted by molar-refractivity contribution is -0.130. The number of thiocarbonyl (C=S) groups is 1. The van der Waals surface area contributed by atoms with Gasteiger partial charge in [0.25, 0.3) is 0 Å². The van der Waals surface area contributed by atoms with Gasteiger partial charge in [0.1, 0.15) is 5.92 Å². The second-order valence-electron chi connectivity index (χ2n) is 4.77. The normalized spacial score (nSPS) is 11.7. The van der Waals surface area contributed by atoms with Gasteiger partial charge in [-0.2, -0.15) is 0 Å². The highest BCUT2D eigenvalue weighted by Gasteiger charge is 2.27. The fourth-order valence-electron chi connectivity index (χ4n) is 2.10. The average Bonchev–Trinajstić information content (AvgIpc) is 2.49. The minimum absolute atomic E-state index is 0.138. The average molecular weight is 299 g/mol. The first-order valence-corrected chi connectivity index (χ1v) is 6.99. The Kier molecular flexibility index (Phi) is 5.00. The Morgan fingerprint density at radius 1 is 1.24 bits per heavy atom. The molecule has 0 fully saturated rings. The SMILES string of the molecule is CN(Cc1ccccc1)C(=O)C(C(N)=S)c1ccccn1. The molecule has 2 N–H and O–H groups in total. The number of hydrogen-bond donors (Lipinski definition) is 1. The number of benzene rings is 1. The van der Waals surface area contributed by atoms with E-state index in [0.29, 0.717) is 12.2 Å². The van der Waals surface area contributed by atoms with Gasteiger partial charge in [0.2, 0.25) is 5.91 Å². The number of carbonyl (C=O) groups excluding carboxylic acids is 1. The number of nitrogens with two attached hydrogens (primary N) is 1. The van der Waals surface area contributed by atoms with E-state index in [1.54, 1.807) is 30.3 Å². The minimum Gasteiger partial charge on any atom is -0.392 e. The van der Waals surface area contributed by atoms with Gasteiger partial charge in [0, 0.05) is 19.8 Å². The maximum atomic E-state index is 12.6. The maximum absolute atomic E-state index is 12.6. The largest absolute Gasteiger partial charge is 0.392 e. The zero-order valence-electron chi connectivity index (χ0n) is 11.8. The first kappa shape index (κ1) is 15.1. The second kappa shape index (κ2) is 6.95. The van der Waals surface area contributed by atoms with Crippen molar-refractivity contribution in [1.29, 1.82) is 0 Å². The molecule has 1 heterocycles. The van der Waals surface area contributed by atoms with Crippen LogP contribution in [-0.2, 0) is 11.3 Å². The zero-order chi connectivity index (χ0) is 15.2. The van der Waals surface area contributed by atoms with Crippen LogP contribution in [-0.4, -0.2) is 27.8 Å². The minimum atomic E-state index is -0.685. The van der Waals surface area contributed by atoms with Gasteiger partial charge >= 0.3 is 0 Å². The molecule has 1 unspecified atom stereocenters. The van der Waals surface area contributed by atoms with Crippen LogP contribution in [0.15, 0.2) is 54.7 Å². The number of hydrogen-bond acceptors (Lipinski definition) is 3. The summed E-state index contributed by atoms with van der Waals surface area (Å²) in [6.07, 6.45) is 1.63. The second-order valence-corrected chi connectivity index (χ2v) is 5.24. The molecule has 1 amide bonds. The molecule has 1 atom stereocenters. The third-order valence-electron chi connectivity index (χ3n) is 3.15. The molecule has 0 aliphatic carbocycles. The van der Waals surface area contributed by atoms with Crippen molar-refractivity contribution < 1.29 is 4.79 Å². The molecule has 0 aliphatic rings. The summed E-state index contributed by atoms with van der Waals surface area (Å²) in [5, 5.41) is 0. The summed E-state index contributed by atoms with van der Waals surface area (Å²) in [7, 11) is 1.74. The van der Waals surface area contributed by atoms with Crippen LogP contribution in [0.4, 0.5) is 0 Å². The van der Waals surface area contributed by atoms with Crippen molar-refractivity contribution in [2.45, 2.75) is 12.5 Å². The molecule has 1 aromatic carbocycles. The number of pyridine rings is 1. The Hall–Kier alpha value is -2.27. The number of carbonyl (C=O) groups is 1. The highest BCUT2D eigenvalue weighted by molar-refractivity contribution is 7.80. The summed E-state index contributed by atoms with van der Waals surface area (Å²) in [4.78, 5) is 18.6. The van der Waals surface area contributed by atoms with Crippen LogP contribution in [0.2, 0.25) is 0 Å². The van der Waals surface area contributed by atoms with Crippen molar-refractivity contribution in [1.82, 2.24) is 9.88 Å². The Labute approximate surface area is 129 Å². The van der Waals surface area contributed by atoms with Crippen molar-refractivity contribution in [2.24, 2.45) is 5.73 Å². The fourth-order valence-corrected chi connectivity index (χ4v) is 2.32. The number of nitrogens with zero attached hydrogens (tertiary/aromatic N) is 2. The monoisotopic (exact) mass is 299 g/mol. The molecule has 21 heavy (non-hydrogen) atoms. The van der Waals surface area contributed by atoms with Crippen molar-refractivity contribution in [3.8, 4) is 0 Å². The van der Waals surface area contributed by atoms with Gasteiger partial charge in [0.15, 0.2) is 0 Å². The van der Waals surface area contributed by atoms with Crippen molar-refractivity contribution in [3.05, 3.63) is 66.0 Å². The van der Waals surface area contributed by atoms with E-state index in [9.17, 15) is 4.79 Å². The molecule has 5 heteroatoms. The first-order valence-electron chi connectivity index (χ1n) is 6.58. The van der Waals surface area contributed by atoms with E-state index in [1.165, 1.54) is 0 Å². The Bertz CT molecular complexity index is 616. The lowest BCUT2D eigenvalue weighted by Gasteiger charge is -2.23. The molecule has 0 bridgehead atoms. The lowest BCUT2D eigenvalue weighted by atomic mass is 10.0. The van der Waals surface area contributed by atoms with Gasteiger partial charge in [0.05, 0.1) is 10.7 Å². The van der Waals surface area contributed by atoms with E-state index in [2.05, 4.69) is 4.98 Å². The molecule has 2 rings (SSSR count). The Balaban J connectivity index is 2.17. The first-order chi connectivity index (χ1) is 10.1. The number of likely N-dealkylation sites (N-methyl/N-ethyl adjacent to an activating group) is 1. The van der Waals surface area contributed by atoms with Gasteiger partial charge in [-0.05, 0) is 17.7 Å². The van der Waals surface area contributed by atoms with Gasteiger partial charge in [-0.1, -0.05) is 48.6 Å². The van der Waals surface area contributed by atoms with E-state index in [-0.39, 0.29) is 10.9 Å². The topological polar surface area (TPSA) is 59.2 Å². The van der Waals surface area contributed by atoms with Crippen LogP contribution in [0, 0.1) is 0 Å². The van der Waals surface area contributed by atoms with Crippen molar-refractivity contribution in [3.63, 3.8) is 0 Å². The highest BCUT2D eigenvalue weighted by atomic mass is 32.1. The number of aromatic nitrogens is 1. The lowest BCUT2D eigenvalue weighted by Crippen LogP contribution is -2.37. The summed E-state index contributed by atoms with van der Waals surface area (Å²) >= 11 is 5.05. The molecule has 108 valence electrons. The van der Waals surface area contributed by atoms with Crippen molar-refractivity contribution in [2.75, 3.05) is 7.05 Å². The summed E-state index contributed by atoms with van der Waals surface area (Å²) in [6, 6.07) is 15.1. The molecule has 0 radical (unpaired) electrons. The van der Waals surface area contributed by atoms with Crippen LogP contribution in [0.3, 0.4) is 0 Å². The molecule has 0 spiro atoms. The van der Waals surface area contributed by atoms with Gasteiger partial charge in [-0.3, -0.25) is 9.78 Å². The summed E-state index contributed by atoms with van der Waals surface area (Å²) in [6.45, 7) is 0.506. The summed E-state index contributed by atoms with van der Waals surface area (Å²) < 4.78 is 0. The molecular weight excluding hydrogens is 282 g/mol. The van der Waals surface area contributed by atoms with Crippen LogP contribution < -0.4 is 5.73 Å². The van der Waals surface area contributed by atoms with Crippen LogP contribution in [0.1, 0.15) is 17.2 Å². The van der Waals surface area contributed by atoms with E-state index >= 15 is 0 Å². The van der Waals surface area contributed by atoms with Crippen LogP contribution >= 0.6 is 12.2 Å². The zero-order valence-corrected chi connectivity index (χ0v) is 12.6. The van der Waals surface area contributed by atoms with E-state index in [4.69, 9.17) is 18.0 Å². The van der Waals surface area contributed by atoms with Gasteiger partial charge < -0.3 is 10.6 Å². The number of amides is 1. The third kappa shape index (κ3) is 3.86. The molecule has 1 aromatic heterocycles. The molecule has 0 saturated carbocycles. The maximum Gasteiger partial charge on any atom is 0.238 e. The highest BCUT2D eigenvalue weighted by Crippen LogP contribution is 2.17. The molecule has 2 aromatic rings. The smallest absolute Gasteiger partial charge is 0.238 e. The van der Waals surface area contributed by atoms with Crippen LogP contribution in [0.5, 0.6) is 0 Å². The van der Waals surface area contributed by atoms with Gasteiger partial charge in [-0.25, -0.2) is 0 Å². The fraction of sp³-hybridized carbons (Fsp3) is 0.188. The Morgan fingerprint density at radius 3 is 2.48 bits per heavy atom. The Morgan fingerprint density at radius 2 is 1.90 bits per heavy atom. The van der Waals surface area contributed by atoms with E-state index < -0.39 is 5.92 Å². The van der Waals surface area contributed by atoms with Crippen LogP contribution in [0.25, 0.3) is 0 Å². The molecule has 0 aliphatic heterocycles. The molecule has 0 saturated heterocycles. The van der Waals surface area contributed by atoms with E-state index in [1.807, 2.05) is 36.4 Å². The molecular formula is C16H17N3OS. The summed E-state index contributed by atoms with van der Waals surface area (Å²) in [5.74, 6) is -0.833. The molecule has 4 nitrogen and oxygen atoms in total. The number of rotatable bonds is 5. The standard InChI is InChI=1S/C16H17N3OS/c1-19(11-12-7-3-2-4-8-12)16(20)14(15(17)21)13-9-5-6-10-18-13/h2-10,14H,11H2,1H3,(H2,17,21). The third-order valence-corrected chi connectivity index (χ3v) is 3.39. The quantitative estimate of drug-likeness (QED) is 0.859.